The lowest BCUT2D eigenvalue weighted by Gasteiger charge is -2.62. The Kier molecular flexibility index (Phi) is 4.06. The number of aliphatic hydroxyl groups is 2. The summed E-state index contributed by atoms with van der Waals surface area (Å²) < 4.78 is 16.4. The minimum absolute atomic E-state index is 0.119. The van der Waals surface area contributed by atoms with Crippen LogP contribution in [-0.4, -0.2) is 52.9 Å². The molecule has 0 aromatic carbocycles. The second-order valence-electron chi connectivity index (χ2n) is 7.79. The van der Waals surface area contributed by atoms with E-state index in [1.54, 1.807) is 6.92 Å². The highest BCUT2D eigenvalue weighted by atomic mass is 16.7. The van der Waals surface area contributed by atoms with Crippen molar-refractivity contribution >= 4 is 11.9 Å². The molecule has 7 nitrogen and oxygen atoms in total. The van der Waals surface area contributed by atoms with Crippen molar-refractivity contribution in [1.29, 1.82) is 0 Å². The fourth-order valence-corrected chi connectivity index (χ4v) is 5.13. The normalized spacial score (nSPS) is 46.4. The number of fused-ring (bicyclic) bond motifs is 2. The number of hydrogen-bond acceptors (Lipinski definition) is 7. The third-order valence-electron chi connectivity index (χ3n) is 6.63. The monoisotopic (exact) mass is 354 g/mol. The molecule has 140 valence electrons. The van der Waals surface area contributed by atoms with Crippen LogP contribution in [0.2, 0.25) is 0 Å². The van der Waals surface area contributed by atoms with Crippen LogP contribution >= 0.6 is 0 Å². The summed E-state index contributed by atoms with van der Waals surface area (Å²) in [4.78, 5) is 23.5. The number of esters is 2. The van der Waals surface area contributed by atoms with Crippen molar-refractivity contribution < 1.29 is 34.0 Å². The minimum Gasteiger partial charge on any atom is -0.462 e. The molecule has 0 aromatic heterocycles. The van der Waals surface area contributed by atoms with Crippen LogP contribution in [0, 0.1) is 11.3 Å². The molecule has 1 heterocycles. The van der Waals surface area contributed by atoms with Crippen LogP contribution in [0.4, 0.5) is 0 Å². The van der Waals surface area contributed by atoms with Gasteiger partial charge < -0.3 is 24.4 Å². The highest BCUT2D eigenvalue weighted by Gasteiger charge is 2.70. The van der Waals surface area contributed by atoms with Crippen LogP contribution in [0.3, 0.4) is 0 Å². The van der Waals surface area contributed by atoms with E-state index in [-0.39, 0.29) is 24.4 Å². The van der Waals surface area contributed by atoms with E-state index >= 15 is 0 Å². The van der Waals surface area contributed by atoms with Crippen LogP contribution < -0.4 is 0 Å². The fraction of sp³-hybridized carbons (Fsp3) is 0.778. The molecule has 3 rings (SSSR count). The van der Waals surface area contributed by atoms with E-state index in [0.717, 1.165) is 0 Å². The van der Waals surface area contributed by atoms with Gasteiger partial charge in [0, 0.05) is 42.9 Å². The lowest BCUT2D eigenvalue weighted by atomic mass is 9.49. The molecule has 0 saturated heterocycles. The quantitative estimate of drug-likeness (QED) is 0.715. The smallest absolute Gasteiger partial charge is 0.336 e. The molecule has 2 aliphatic carbocycles. The van der Waals surface area contributed by atoms with Crippen molar-refractivity contribution in [2.45, 2.75) is 70.6 Å². The maximum Gasteiger partial charge on any atom is 0.336 e. The number of rotatable bonds is 2. The highest BCUT2D eigenvalue weighted by Crippen LogP contribution is 2.62. The van der Waals surface area contributed by atoms with Crippen molar-refractivity contribution in [3.05, 3.63) is 11.1 Å². The molecule has 2 N–H and O–H groups in total. The van der Waals surface area contributed by atoms with Gasteiger partial charge in [-0.2, -0.15) is 0 Å². The van der Waals surface area contributed by atoms with E-state index in [0.29, 0.717) is 24.0 Å². The SMILES string of the molecule is CO[C@@H]1C2=C(C)C(=O)O[C@@]2(O)C[C@@]2(O)CC[C@H](OC(C)=O)[C@H](C)[C@@]12C. The number of methoxy groups -OCH3 is 1. The molecule has 1 aliphatic heterocycles. The molecule has 0 bridgehead atoms. The van der Waals surface area contributed by atoms with E-state index in [9.17, 15) is 19.8 Å². The molecule has 0 aromatic rings. The molecule has 3 aliphatic rings. The third kappa shape index (κ3) is 2.29. The molecule has 2 fully saturated rings. The second kappa shape index (κ2) is 5.53. The Balaban J connectivity index is 2.12. The summed E-state index contributed by atoms with van der Waals surface area (Å²) in [5, 5.41) is 22.4. The van der Waals surface area contributed by atoms with Gasteiger partial charge in [0.1, 0.15) is 6.10 Å². The summed E-state index contributed by atoms with van der Waals surface area (Å²) in [6, 6.07) is 0. The van der Waals surface area contributed by atoms with Crippen LogP contribution in [-0.2, 0) is 23.8 Å². The van der Waals surface area contributed by atoms with Gasteiger partial charge in [0.25, 0.3) is 0 Å². The number of carbonyl (C=O) groups is 2. The van der Waals surface area contributed by atoms with Gasteiger partial charge in [-0.1, -0.05) is 13.8 Å². The van der Waals surface area contributed by atoms with E-state index in [1.807, 2.05) is 13.8 Å². The fourth-order valence-electron chi connectivity index (χ4n) is 5.13. The minimum atomic E-state index is -1.86. The summed E-state index contributed by atoms with van der Waals surface area (Å²) >= 11 is 0. The molecule has 0 radical (unpaired) electrons. The Bertz CT molecular complexity index is 656. The van der Waals surface area contributed by atoms with Crippen molar-refractivity contribution in [2.24, 2.45) is 11.3 Å². The van der Waals surface area contributed by atoms with E-state index in [1.165, 1.54) is 14.0 Å². The molecule has 7 heteroatoms. The molecule has 2 saturated carbocycles. The van der Waals surface area contributed by atoms with E-state index < -0.39 is 28.9 Å². The molecule has 0 amide bonds. The number of ether oxygens (including phenoxy) is 3. The van der Waals surface area contributed by atoms with Gasteiger partial charge in [-0.25, -0.2) is 4.79 Å². The first kappa shape index (κ1) is 18.4. The summed E-state index contributed by atoms with van der Waals surface area (Å²) in [6.07, 6.45) is -0.462. The molecular formula is C18H26O7. The maximum atomic E-state index is 12.1. The molecule has 0 spiro atoms. The van der Waals surface area contributed by atoms with Crippen molar-refractivity contribution in [2.75, 3.05) is 7.11 Å². The average Bonchev–Trinajstić information content (AvgIpc) is 2.72. The van der Waals surface area contributed by atoms with Gasteiger partial charge in [0.2, 0.25) is 5.79 Å². The number of hydrogen-bond donors (Lipinski definition) is 2. The topological polar surface area (TPSA) is 102 Å². The Morgan fingerprint density at radius 3 is 2.56 bits per heavy atom. The standard InChI is InChI=1S/C18H26O7/c1-9-13-14(23-5)16(4)10(2)12(24-11(3)19)6-7-17(16,21)8-18(13,22)25-15(9)20/h10,12,14,21-22H,6-8H2,1-5H3/t10-,12-,14+,16-,17-,18-/m0/s1. The molecule has 25 heavy (non-hydrogen) atoms. The van der Waals surface area contributed by atoms with Crippen LogP contribution in [0.15, 0.2) is 11.1 Å². The van der Waals surface area contributed by atoms with Gasteiger partial charge in [-0.15, -0.1) is 0 Å². The zero-order chi connectivity index (χ0) is 18.8. The summed E-state index contributed by atoms with van der Waals surface area (Å²) in [6.45, 7) is 6.72. The lowest BCUT2D eigenvalue weighted by molar-refractivity contribution is -0.286. The lowest BCUT2D eigenvalue weighted by Crippen LogP contribution is -2.70. The van der Waals surface area contributed by atoms with E-state index in [2.05, 4.69) is 0 Å². The molecule has 0 unspecified atom stereocenters. The van der Waals surface area contributed by atoms with Gasteiger partial charge in [-0.05, 0) is 19.8 Å². The van der Waals surface area contributed by atoms with Crippen LogP contribution in [0.1, 0.15) is 47.0 Å². The van der Waals surface area contributed by atoms with Gasteiger partial charge in [0.15, 0.2) is 0 Å². The summed E-state index contributed by atoms with van der Waals surface area (Å²) in [5.74, 6) is -3.08. The maximum absolute atomic E-state index is 12.1. The Morgan fingerprint density at radius 1 is 1.36 bits per heavy atom. The van der Waals surface area contributed by atoms with Gasteiger partial charge >= 0.3 is 11.9 Å². The molecule has 6 atom stereocenters. The first-order valence-corrected chi connectivity index (χ1v) is 8.59. The largest absolute Gasteiger partial charge is 0.462 e. The van der Waals surface area contributed by atoms with Crippen molar-refractivity contribution in [1.82, 2.24) is 0 Å². The Hall–Kier alpha value is -1.44. The van der Waals surface area contributed by atoms with E-state index in [4.69, 9.17) is 14.2 Å². The Labute approximate surface area is 146 Å². The van der Waals surface area contributed by atoms with Gasteiger partial charge in [-0.3, -0.25) is 4.79 Å². The van der Waals surface area contributed by atoms with Gasteiger partial charge in [0.05, 0.1) is 11.7 Å². The Morgan fingerprint density at radius 2 is 2.00 bits per heavy atom. The zero-order valence-corrected chi connectivity index (χ0v) is 15.3. The highest BCUT2D eigenvalue weighted by molar-refractivity contribution is 5.92. The van der Waals surface area contributed by atoms with Crippen molar-refractivity contribution in [3.8, 4) is 0 Å². The zero-order valence-electron chi connectivity index (χ0n) is 15.3. The second-order valence-corrected chi connectivity index (χ2v) is 7.79. The third-order valence-corrected chi connectivity index (χ3v) is 6.63. The number of carbonyl (C=O) groups excluding carboxylic acids is 2. The summed E-state index contributed by atoms with van der Waals surface area (Å²) in [5.41, 5.74) is -1.52. The van der Waals surface area contributed by atoms with Crippen LogP contribution in [0.5, 0.6) is 0 Å². The molecular weight excluding hydrogens is 328 g/mol. The predicted octanol–water partition coefficient (Wildman–Crippen LogP) is 1.07. The van der Waals surface area contributed by atoms with Crippen LogP contribution in [0.25, 0.3) is 0 Å². The average molecular weight is 354 g/mol. The van der Waals surface area contributed by atoms with Crippen molar-refractivity contribution in [3.63, 3.8) is 0 Å². The predicted molar refractivity (Wildman–Crippen MR) is 86.2 cm³/mol. The first-order valence-electron chi connectivity index (χ1n) is 8.59. The summed E-state index contributed by atoms with van der Waals surface area (Å²) in [7, 11) is 1.48. The first-order chi connectivity index (χ1) is 11.5.